The van der Waals surface area contributed by atoms with E-state index in [-0.39, 0.29) is 11.4 Å². The molecule has 0 amide bonds. The van der Waals surface area contributed by atoms with E-state index < -0.39 is 5.82 Å². The van der Waals surface area contributed by atoms with E-state index in [1.54, 1.807) is 47.3 Å². The summed E-state index contributed by atoms with van der Waals surface area (Å²) in [5, 5.41) is 0.866. The van der Waals surface area contributed by atoms with Crippen molar-refractivity contribution in [1.82, 2.24) is 19.5 Å². The molecule has 5 aromatic rings. The summed E-state index contributed by atoms with van der Waals surface area (Å²) < 4.78 is 21.1. The molecule has 0 radical (unpaired) electrons. The van der Waals surface area contributed by atoms with Gasteiger partial charge in [-0.2, -0.15) is 0 Å². The van der Waals surface area contributed by atoms with Crippen LogP contribution in [0.1, 0.15) is 44.1 Å². The third kappa shape index (κ3) is 4.73. The Morgan fingerprint density at radius 3 is 2.50 bits per heavy atom. The van der Waals surface area contributed by atoms with Gasteiger partial charge in [-0.15, -0.1) is 0 Å². The van der Waals surface area contributed by atoms with Gasteiger partial charge >= 0.3 is 5.69 Å². The summed E-state index contributed by atoms with van der Waals surface area (Å²) in [4.78, 5) is 22.8. The molecule has 0 saturated heterocycles. The number of nitrogens with zero attached hydrogens (tertiary/aromatic N) is 2. The van der Waals surface area contributed by atoms with Crippen molar-refractivity contribution in [2.75, 3.05) is 0 Å². The van der Waals surface area contributed by atoms with E-state index in [1.165, 1.54) is 44.6 Å². The van der Waals surface area contributed by atoms with Gasteiger partial charge in [0.2, 0.25) is 0 Å². The number of aromatic nitrogens is 4. The second-order valence-corrected chi connectivity index (χ2v) is 8.58. The highest BCUT2D eigenvalue weighted by molar-refractivity contribution is 6.00. The molecule has 174 valence electrons. The van der Waals surface area contributed by atoms with E-state index in [9.17, 15) is 9.18 Å². The van der Waals surface area contributed by atoms with Gasteiger partial charge in [-0.05, 0) is 35.9 Å². The molecule has 0 spiro atoms. The minimum atomic E-state index is -0.428. The van der Waals surface area contributed by atoms with Gasteiger partial charge in [0.1, 0.15) is 11.4 Å². The van der Waals surface area contributed by atoms with E-state index in [2.05, 4.69) is 15.0 Å². The third-order valence-electron chi connectivity index (χ3n) is 6.14. The first-order valence-corrected chi connectivity index (χ1v) is 11.7. The number of imidazole rings is 1. The summed E-state index contributed by atoms with van der Waals surface area (Å²) in [6.45, 7) is 0.338. The predicted molar refractivity (Wildman–Crippen MR) is 132 cm³/mol. The lowest BCUT2D eigenvalue weighted by Crippen LogP contribution is -2.17. The summed E-state index contributed by atoms with van der Waals surface area (Å²) >= 11 is 0. The number of fused-ring (bicyclic) bond motifs is 3. The topological polar surface area (TPSA) is 75.7 Å². The van der Waals surface area contributed by atoms with Crippen molar-refractivity contribution < 1.29 is 9.13 Å². The second-order valence-electron chi connectivity index (χ2n) is 8.58. The Hall–Kier alpha value is -3.87. The summed E-state index contributed by atoms with van der Waals surface area (Å²) in [5.74, 6) is 0.229. The van der Waals surface area contributed by atoms with Crippen molar-refractivity contribution in [2.24, 2.45) is 0 Å². The Kier molecular flexibility index (Phi) is 6.42. The number of rotatable bonds is 4. The third-order valence-corrected chi connectivity index (χ3v) is 6.14. The monoisotopic (exact) mass is 458 g/mol. The number of ether oxygens (including phenoxy) is 1. The number of halogens is 1. The van der Waals surface area contributed by atoms with Crippen LogP contribution in [-0.4, -0.2) is 19.5 Å². The van der Waals surface area contributed by atoms with Crippen LogP contribution in [0.4, 0.5) is 4.39 Å². The number of H-pyrrole nitrogens is 2. The zero-order valence-corrected chi connectivity index (χ0v) is 18.9. The van der Waals surface area contributed by atoms with Crippen LogP contribution in [0.25, 0.3) is 22.1 Å². The minimum absolute atomic E-state index is 0.156. The fourth-order valence-electron chi connectivity index (χ4n) is 4.38. The van der Waals surface area contributed by atoms with Crippen molar-refractivity contribution in [3.63, 3.8) is 0 Å². The molecule has 0 atom stereocenters. The van der Waals surface area contributed by atoms with E-state index >= 15 is 0 Å². The maximum Gasteiger partial charge on any atom is 0.326 e. The average Bonchev–Trinajstić information content (AvgIpc) is 3.47. The van der Waals surface area contributed by atoms with E-state index in [0.29, 0.717) is 12.3 Å². The number of pyridine rings is 1. The molecule has 6 rings (SSSR count). The highest BCUT2D eigenvalue weighted by Gasteiger charge is 2.12. The zero-order valence-electron chi connectivity index (χ0n) is 18.9. The molecular weight excluding hydrogens is 431 g/mol. The molecular formula is C27H27FN4O2. The molecule has 0 aliphatic heterocycles. The minimum Gasteiger partial charge on any atom is -0.454 e. The van der Waals surface area contributed by atoms with Crippen molar-refractivity contribution in [1.29, 1.82) is 0 Å². The van der Waals surface area contributed by atoms with Crippen LogP contribution in [0.2, 0.25) is 0 Å². The average molecular weight is 459 g/mol. The van der Waals surface area contributed by atoms with Crippen LogP contribution in [-0.2, 0) is 6.54 Å². The van der Waals surface area contributed by atoms with Crippen molar-refractivity contribution in [2.45, 2.75) is 45.1 Å². The maximum atomic E-state index is 13.8. The number of hydrogen-bond acceptors (Lipinski definition) is 3. The second kappa shape index (κ2) is 9.95. The van der Waals surface area contributed by atoms with Gasteiger partial charge in [0, 0.05) is 11.6 Å². The lowest BCUT2D eigenvalue weighted by Gasteiger charge is -2.09. The number of nitrogens with one attached hydrogen (secondary N) is 2. The molecule has 2 N–H and O–H groups in total. The number of para-hydroxylation sites is 1. The first-order chi connectivity index (χ1) is 16.7. The van der Waals surface area contributed by atoms with Gasteiger partial charge in [0.05, 0.1) is 23.8 Å². The molecule has 1 fully saturated rings. The predicted octanol–water partition coefficient (Wildman–Crippen LogP) is 6.53. The smallest absolute Gasteiger partial charge is 0.326 e. The van der Waals surface area contributed by atoms with Gasteiger partial charge in [0.15, 0.2) is 11.6 Å². The molecule has 7 heteroatoms. The van der Waals surface area contributed by atoms with Crippen LogP contribution in [0, 0.1) is 5.82 Å². The molecule has 1 saturated carbocycles. The molecule has 1 aliphatic rings. The first kappa shape index (κ1) is 21.9. The Bertz CT molecular complexity index is 1450. The maximum absolute atomic E-state index is 13.8. The fraction of sp³-hybridized carbons (Fsp3) is 0.259. The van der Waals surface area contributed by atoms with E-state index in [4.69, 9.17) is 4.74 Å². The standard InChI is InChI=1S/C21H15FN4O2.C6H12/c22-16-6-1-2-7-18(16)28-14-5-3-4-13(10-14)12-26-17-11-24-20-15(8-9-23-20)19(17)25-21(26)27;1-2-4-6-5-3-1/h1-11H,12H2,(H,23,24)(H,25,27);1-6H2. The SMILES string of the molecule is C1CCCCC1.O=c1[nH]c2c3cc[nH]c3ncc2n1Cc1cccc(Oc2ccccc2F)c1. The van der Waals surface area contributed by atoms with Crippen LogP contribution in [0.5, 0.6) is 11.5 Å². The van der Waals surface area contributed by atoms with Gasteiger partial charge < -0.3 is 14.7 Å². The van der Waals surface area contributed by atoms with Gasteiger partial charge in [0.25, 0.3) is 0 Å². The van der Waals surface area contributed by atoms with E-state index in [0.717, 1.165) is 27.6 Å². The molecule has 1 aliphatic carbocycles. The Morgan fingerprint density at radius 1 is 0.971 bits per heavy atom. The van der Waals surface area contributed by atoms with Crippen LogP contribution >= 0.6 is 0 Å². The highest BCUT2D eigenvalue weighted by Crippen LogP contribution is 2.26. The van der Waals surface area contributed by atoms with Crippen LogP contribution in [0.15, 0.2) is 71.8 Å². The number of benzene rings is 2. The van der Waals surface area contributed by atoms with E-state index in [1.807, 2.05) is 18.2 Å². The van der Waals surface area contributed by atoms with Crippen LogP contribution < -0.4 is 10.4 Å². The highest BCUT2D eigenvalue weighted by atomic mass is 19.1. The van der Waals surface area contributed by atoms with Crippen molar-refractivity contribution in [3.8, 4) is 11.5 Å². The number of hydrogen-bond donors (Lipinski definition) is 2. The largest absolute Gasteiger partial charge is 0.454 e. The molecule has 6 nitrogen and oxygen atoms in total. The molecule has 0 bridgehead atoms. The Labute approximate surface area is 196 Å². The lowest BCUT2D eigenvalue weighted by atomic mass is 10.0. The Balaban J connectivity index is 0.000000351. The number of aromatic amines is 2. The van der Waals surface area contributed by atoms with Gasteiger partial charge in [-0.1, -0.05) is 62.8 Å². The summed E-state index contributed by atoms with van der Waals surface area (Å²) in [6.07, 6.45) is 12.5. The molecule has 0 unspecified atom stereocenters. The zero-order chi connectivity index (χ0) is 23.3. The van der Waals surface area contributed by atoms with Gasteiger partial charge in [-0.3, -0.25) is 4.57 Å². The lowest BCUT2D eigenvalue weighted by molar-refractivity contribution is 0.441. The normalized spacial score (nSPS) is 13.6. The quantitative estimate of drug-likeness (QED) is 0.322. The summed E-state index contributed by atoms with van der Waals surface area (Å²) in [7, 11) is 0. The molecule has 3 heterocycles. The molecule has 2 aromatic carbocycles. The van der Waals surface area contributed by atoms with Crippen molar-refractivity contribution in [3.05, 3.63) is 88.9 Å². The Morgan fingerprint density at radius 2 is 1.74 bits per heavy atom. The molecule has 3 aromatic heterocycles. The fourth-order valence-corrected chi connectivity index (χ4v) is 4.38. The van der Waals surface area contributed by atoms with Gasteiger partial charge in [-0.25, -0.2) is 14.2 Å². The first-order valence-electron chi connectivity index (χ1n) is 11.7. The van der Waals surface area contributed by atoms with Crippen molar-refractivity contribution >= 4 is 22.1 Å². The summed E-state index contributed by atoms with van der Waals surface area (Å²) in [5.41, 5.74) is 2.82. The summed E-state index contributed by atoms with van der Waals surface area (Å²) in [6, 6.07) is 15.4. The molecule has 34 heavy (non-hydrogen) atoms. The van der Waals surface area contributed by atoms with Crippen LogP contribution in [0.3, 0.4) is 0 Å².